The smallest absolute Gasteiger partial charge is 0.369 e. The molecule has 0 aromatic heterocycles. The van der Waals surface area contributed by atoms with Crippen molar-refractivity contribution < 1.29 is 18.0 Å². The summed E-state index contributed by atoms with van der Waals surface area (Å²) in [5, 5.41) is 2.96. The molecule has 0 bridgehead atoms. The van der Waals surface area contributed by atoms with Crippen LogP contribution in [0.4, 0.5) is 23.7 Å². The van der Waals surface area contributed by atoms with Gasteiger partial charge in [0.25, 0.3) is 0 Å². The first kappa shape index (κ1) is 19.8. The number of hydrogen-bond donors (Lipinski definition) is 1. The minimum Gasteiger partial charge on any atom is -0.369 e. The zero-order valence-corrected chi connectivity index (χ0v) is 15.5. The Bertz CT molecular complexity index is 624. The third kappa shape index (κ3) is 5.51. The van der Waals surface area contributed by atoms with Crippen molar-refractivity contribution in [3.8, 4) is 0 Å². The fourth-order valence-electron chi connectivity index (χ4n) is 3.64. The molecule has 1 aromatic rings. The van der Waals surface area contributed by atoms with Crippen molar-refractivity contribution >= 4 is 11.7 Å². The van der Waals surface area contributed by atoms with Crippen molar-refractivity contribution in [2.45, 2.75) is 25.4 Å². The van der Waals surface area contributed by atoms with E-state index in [0.29, 0.717) is 25.3 Å². The van der Waals surface area contributed by atoms with Crippen molar-refractivity contribution in [1.82, 2.24) is 15.1 Å². The Morgan fingerprint density at radius 1 is 1.04 bits per heavy atom. The van der Waals surface area contributed by atoms with Gasteiger partial charge in [-0.15, -0.1) is 0 Å². The largest absolute Gasteiger partial charge is 0.416 e. The zero-order chi connectivity index (χ0) is 19.3. The highest BCUT2D eigenvalue weighted by atomic mass is 19.4. The van der Waals surface area contributed by atoms with Crippen LogP contribution in [0.5, 0.6) is 0 Å². The van der Waals surface area contributed by atoms with E-state index in [2.05, 4.69) is 10.2 Å². The maximum Gasteiger partial charge on any atom is 0.416 e. The molecular weight excluding hydrogens is 357 g/mol. The maximum absolute atomic E-state index is 12.9. The zero-order valence-electron chi connectivity index (χ0n) is 15.5. The van der Waals surface area contributed by atoms with E-state index in [1.165, 1.54) is 12.1 Å². The lowest BCUT2D eigenvalue weighted by Gasteiger charge is -2.36. The molecule has 2 heterocycles. The molecular formula is C19H27F3N4O. The van der Waals surface area contributed by atoms with Crippen LogP contribution in [0, 0.1) is 0 Å². The maximum atomic E-state index is 12.9. The Morgan fingerprint density at radius 3 is 2.41 bits per heavy atom. The number of likely N-dealkylation sites (tertiary alicyclic amines) is 1. The Labute approximate surface area is 158 Å². The Morgan fingerprint density at radius 2 is 1.74 bits per heavy atom. The molecule has 2 saturated heterocycles. The van der Waals surface area contributed by atoms with Crippen LogP contribution < -0.4 is 10.2 Å². The highest BCUT2D eigenvalue weighted by Gasteiger charge is 2.31. The van der Waals surface area contributed by atoms with E-state index in [4.69, 9.17) is 0 Å². The lowest BCUT2D eigenvalue weighted by Crippen LogP contribution is -2.47. The second kappa shape index (κ2) is 8.82. The van der Waals surface area contributed by atoms with Gasteiger partial charge in [0.15, 0.2) is 0 Å². The Hall–Kier alpha value is -1.96. The standard InChI is InChI=1S/C19H27F3N4O/c20-19(21,22)16-5-3-6-17(15-16)25-13-11-24(12-14-25)8-4-7-23-18(27)26-9-1-2-10-26/h3,5-6,15H,1-2,4,7-14H2,(H,23,27). The molecule has 0 spiro atoms. The highest BCUT2D eigenvalue weighted by Crippen LogP contribution is 2.31. The molecule has 1 aromatic carbocycles. The number of hydrogen-bond acceptors (Lipinski definition) is 3. The summed E-state index contributed by atoms with van der Waals surface area (Å²) in [4.78, 5) is 18.1. The number of benzene rings is 1. The molecule has 0 radical (unpaired) electrons. The molecule has 1 N–H and O–H groups in total. The Balaban J connectivity index is 1.37. The van der Waals surface area contributed by atoms with E-state index in [1.807, 2.05) is 9.80 Å². The number of amides is 2. The van der Waals surface area contributed by atoms with Gasteiger partial charge in [-0.05, 0) is 44.0 Å². The summed E-state index contributed by atoms with van der Waals surface area (Å²) < 4.78 is 38.6. The number of carbonyl (C=O) groups excluding carboxylic acids is 1. The van der Waals surface area contributed by atoms with Gasteiger partial charge in [-0.2, -0.15) is 13.2 Å². The van der Waals surface area contributed by atoms with E-state index in [9.17, 15) is 18.0 Å². The first-order valence-corrected chi connectivity index (χ1v) is 9.61. The lowest BCUT2D eigenvalue weighted by atomic mass is 10.1. The molecule has 150 valence electrons. The van der Waals surface area contributed by atoms with Crippen molar-refractivity contribution in [3.63, 3.8) is 0 Å². The average molecular weight is 384 g/mol. The van der Waals surface area contributed by atoms with Gasteiger partial charge in [-0.3, -0.25) is 4.90 Å². The van der Waals surface area contributed by atoms with Crippen LogP contribution in [0.15, 0.2) is 24.3 Å². The lowest BCUT2D eigenvalue weighted by molar-refractivity contribution is -0.137. The third-order valence-electron chi connectivity index (χ3n) is 5.23. The van der Waals surface area contributed by atoms with Gasteiger partial charge in [0, 0.05) is 51.5 Å². The number of alkyl halides is 3. The van der Waals surface area contributed by atoms with Crippen LogP contribution >= 0.6 is 0 Å². The summed E-state index contributed by atoms with van der Waals surface area (Å²) in [5.74, 6) is 0. The number of carbonyl (C=O) groups is 1. The molecule has 2 aliphatic rings. The fourth-order valence-corrected chi connectivity index (χ4v) is 3.64. The first-order valence-electron chi connectivity index (χ1n) is 9.61. The van der Waals surface area contributed by atoms with E-state index >= 15 is 0 Å². The van der Waals surface area contributed by atoms with Gasteiger partial charge < -0.3 is 15.1 Å². The predicted octanol–water partition coefficient (Wildman–Crippen LogP) is 3.02. The van der Waals surface area contributed by atoms with Crippen LogP contribution in [0.1, 0.15) is 24.8 Å². The van der Waals surface area contributed by atoms with E-state index in [0.717, 1.165) is 58.1 Å². The van der Waals surface area contributed by atoms with E-state index in [1.54, 1.807) is 6.07 Å². The molecule has 0 saturated carbocycles. The predicted molar refractivity (Wildman–Crippen MR) is 98.9 cm³/mol. The average Bonchev–Trinajstić information content (AvgIpc) is 3.20. The van der Waals surface area contributed by atoms with Gasteiger partial charge >= 0.3 is 12.2 Å². The van der Waals surface area contributed by atoms with Crippen LogP contribution in [0.25, 0.3) is 0 Å². The van der Waals surface area contributed by atoms with Gasteiger partial charge in [-0.1, -0.05) is 6.07 Å². The quantitative estimate of drug-likeness (QED) is 0.794. The second-order valence-electron chi connectivity index (χ2n) is 7.16. The third-order valence-corrected chi connectivity index (χ3v) is 5.23. The van der Waals surface area contributed by atoms with Crippen molar-refractivity contribution in [1.29, 1.82) is 0 Å². The summed E-state index contributed by atoms with van der Waals surface area (Å²) in [6.45, 7) is 6.29. The minimum atomic E-state index is -4.31. The molecule has 0 unspecified atom stereocenters. The highest BCUT2D eigenvalue weighted by molar-refractivity contribution is 5.74. The number of rotatable bonds is 5. The number of urea groups is 1. The fraction of sp³-hybridized carbons (Fsp3) is 0.632. The molecule has 27 heavy (non-hydrogen) atoms. The molecule has 3 rings (SSSR count). The summed E-state index contributed by atoms with van der Waals surface area (Å²) in [7, 11) is 0. The minimum absolute atomic E-state index is 0.0295. The Kier molecular flexibility index (Phi) is 6.46. The molecule has 0 atom stereocenters. The first-order chi connectivity index (χ1) is 12.9. The second-order valence-corrected chi connectivity index (χ2v) is 7.16. The number of nitrogens with zero attached hydrogens (tertiary/aromatic N) is 3. The normalized spacial score (nSPS) is 18.8. The summed E-state index contributed by atoms with van der Waals surface area (Å²) in [6, 6.07) is 5.56. The van der Waals surface area contributed by atoms with Gasteiger partial charge in [0.05, 0.1) is 5.56 Å². The van der Waals surface area contributed by atoms with Gasteiger partial charge in [-0.25, -0.2) is 4.79 Å². The molecule has 5 nitrogen and oxygen atoms in total. The molecule has 0 aliphatic carbocycles. The SMILES string of the molecule is O=C(NCCCN1CCN(c2cccc(C(F)(F)F)c2)CC1)N1CCCC1. The van der Waals surface area contributed by atoms with Crippen LogP contribution in [-0.2, 0) is 6.18 Å². The molecule has 2 fully saturated rings. The van der Waals surface area contributed by atoms with E-state index < -0.39 is 11.7 Å². The van der Waals surface area contributed by atoms with Crippen LogP contribution in [0.3, 0.4) is 0 Å². The topological polar surface area (TPSA) is 38.8 Å². The van der Waals surface area contributed by atoms with E-state index in [-0.39, 0.29) is 6.03 Å². The summed E-state index contributed by atoms with van der Waals surface area (Å²) >= 11 is 0. The van der Waals surface area contributed by atoms with Crippen LogP contribution in [0.2, 0.25) is 0 Å². The van der Waals surface area contributed by atoms with Gasteiger partial charge in [0.1, 0.15) is 0 Å². The number of piperazine rings is 1. The monoisotopic (exact) mass is 384 g/mol. The summed E-state index contributed by atoms with van der Waals surface area (Å²) in [5.41, 5.74) is 0.0264. The van der Waals surface area contributed by atoms with Crippen molar-refractivity contribution in [2.75, 3.05) is 57.3 Å². The van der Waals surface area contributed by atoms with Gasteiger partial charge in [0.2, 0.25) is 0 Å². The number of halogens is 3. The number of anilines is 1. The number of nitrogens with one attached hydrogen (secondary N) is 1. The van der Waals surface area contributed by atoms with Crippen molar-refractivity contribution in [3.05, 3.63) is 29.8 Å². The molecule has 2 aliphatic heterocycles. The molecule has 8 heteroatoms. The molecule has 2 amide bonds. The van der Waals surface area contributed by atoms with Crippen LogP contribution in [-0.4, -0.2) is 68.2 Å². The van der Waals surface area contributed by atoms with Crippen molar-refractivity contribution in [2.24, 2.45) is 0 Å². The summed E-state index contributed by atoms with van der Waals surface area (Å²) in [6.07, 6.45) is -1.26.